The molecule has 0 unspecified atom stereocenters. The van der Waals surface area contributed by atoms with E-state index in [9.17, 15) is 9.59 Å². The van der Waals surface area contributed by atoms with Gasteiger partial charge >= 0.3 is 0 Å². The molecule has 0 aliphatic carbocycles. The van der Waals surface area contributed by atoms with E-state index in [-0.39, 0.29) is 17.7 Å². The fourth-order valence-corrected chi connectivity index (χ4v) is 3.37. The number of carbonyl (C=O) groups is 2. The lowest BCUT2D eigenvalue weighted by molar-refractivity contribution is -0.121. The molecule has 0 atom stereocenters. The van der Waals surface area contributed by atoms with Crippen molar-refractivity contribution in [2.24, 2.45) is 5.92 Å². The molecule has 6 nitrogen and oxygen atoms in total. The number of nitrogens with zero attached hydrogens (tertiary/aromatic N) is 1. The van der Waals surface area contributed by atoms with Crippen LogP contribution in [0.15, 0.2) is 48.5 Å². The van der Waals surface area contributed by atoms with Crippen molar-refractivity contribution >= 4 is 17.5 Å². The van der Waals surface area contributed by atoms with Crippen LogP contribution in [-0.4, -0.2) is 43.5 Å². The van der Waals surface area contributed by atoms with Crippen molar-refractivity contribution in [1.82, 2.24) is 4.90 Å². The first kappa shape index (κ1) is 19.7. The van der Waals surface area contributed by atoms with E-state index in [2.05, 4.69) is 5.32 Å². The number of hydrogen-bond donors (Lipinski definition) is 1. The van der Waals surface area contributed by atoms with Crippen molar-refractivity contribution in [3.63, 3.8) is 0 Å². The van der Waals surface area contributed by atoms with Crippen molar-refractivity contribution in [2.75, 3.05) is 32.1 Å². The number of methoxy groups -OCH3 is 1. The fourth-order valence-electron chi connectivity index (χ4n) is 3.37. The Morgan fingerprint density at radius 3 is 2.43 bits per heavy atom. The predicted molar refractivity (Wildman–Crippen MR) is 108 cm³/mol. The second-order valence-electron chi connectivity index (χ2n) is 6.72. The molecule has 1 aliphatic rings. The summed E-state index contributed by atoms with van der Waals surface area (Å²) in [5, 5.41) is 2.95. The lowest BCUT2D eigenvalue weighted by Gasteiger charge is -2.31. The van der Waals surface area contributed by atoms with Crippen LogP contribution < -0.4 is 14.8 Å². The number of hydrogen-bond acceptors (Lipinski definition) is 4. The van der Waals surface area contributed by atoms with Crippen molar-refractivity contribution in [3.05, 3.63) is 54.1 Å². The van der Waals surface area contributed by atoms with Gasteiger partial charge in [0, 0.05) is 30.3 Å². The summed E-state index contributed by atoms with van der Waals surface area (Å²) in [6.45, 7) is 3.54. The number of rotatable bonds is 6. The van der Waals surface area contributed by atoms with Crippen molar-refractivity contribution in [3.8, 4) is 11.5 Å². The zero-order valence-corrected chi connectivity index (χ0v) is 16.3. The highest BCUT2D eigenvalue weighted by molar-refractivity contribution is 5.96. The van der Waals surface area contributed by atoms with Gasteiger partial charge < -0.3 is 19.7 Å². The number of piperidine rings is 1. The van der Waals surface area contributed by atoms with Gasteiger partial charge in [0.1, 0.15) is 0 Å². The van der Waals surface area contributed by atoms with Gasteiger partial charge in [-0.3, -0.25) is 9.59 Å². The van der Waals surface area contributed by atoms with Crippen LogP contribution in [0.1, 0.15) is 30.1 Å². The summed E-state index contributed by atoms with van der Waals surface area (Å²) in [5.74, 6) is 1.05. The monoisotopic (exact) mass is 382 g/mol. The molecule has 0 bridgehead atoms. The van der Waals surface area contributed by atoms with Gasteiger partial charge in [0.25, 0.3) is 5.91 Å². The zero-order chi connectivity index (χ0) is 19.9. The Morgan fingerprint density at radius 2 is 1.79 bits per heavy atom. The molecule has 28 heavy (non-hydrogen) atoms. The molecular formula is C22H26N2O4. The van der Waals surface area contributed by atoms with E-state index in [0.717, 1.165) is 5.69 Å². The number of amides is 2. The Morgan fingerprint density at radius 1 is 1.07 bits per heavy atom. The molecule has 1 N–H and O–H groups in total. The van der Waals surface area contributed by atoms with Gasteiger partial charge in [0.15, 0.2) is 11.5 Å². The van der Waals surface area contributed by atoms with Crippen LogP contribution in [0.3, 0.4) is 0 Å². The number of benzene rings is 2. The molecule has 1 saturated heterocycles. The first-order valence-corrected chi connectivity index (χ1v) is 9.58. The molecule has 1 heterocycles. The smallest absolute Gasteiger partial charge is 0.253 e. The first-order valence-electron chi connectivity index (χ1n) is 9.58. The van der Waals surface area contributed by atoms with E-state index < -0.39 is 0 Å². The van der Waals surface area contributed by atoms with E-state index in [1.54, 1.807) is 30.2 Å². The highest BCUT2D eigenvalue weighted by Gasteiger charge is 2.28. The van der Waals surface area contributed by atoms with Crippen molar-refractivity contribution in [2.45, 2.75) is 19.8 Å². The standard InChI is InChI=1S/C22H26N2O4/c1-3-28-19-10-9-17(15-20(19)27-2)22(26)24-13-11-16(12-14-24)21(25)23-18-7-5-4-6-8-18/h4-10,15-16H,3,11-14H2,1-2H3,(H,23,25). The van der Waals surface area contributed by atoms with Gasteiger partial charge in [-0.2, -0.15) is 0 Å². The minimum atomic E-state index is -0.0841. The Balaban J connectivity index is 1.58. The quantitative estimate of drug-likeness (QED) is 0.829. The summed E-state index contributed by atoms with van der Waals surface area (Å²) in [7, 11) is 1.56. The van der Waals surface area contributed by atoms with Crippen LogP contribution in [0, 0.1) is 5.92 Å². The number of carbonyl (C=O) groups excluding carboxylic acids is 2. The molecule has 148 valence electrons. The van der Waals surface area contributed by atoms with E-state index in [1.165, 1.54) is 0 Å². The minimum Gasteiger partial charge on any atom is -0.493 e. The average Bonchev–Trinajstić information content (AvgIpc) is 2.74. The Bertz CT molecular complexity index is 815. The third kappa shape index (κ3) is 4.63. The molecule has 0 spiro atoms. The Kier molecular flexibility index (Phi) is 6.53. The lowest BCUT2D eigenvalue weighted by Crippen LogP contribution is -2.41. The van der Waals surface area contributed by atoms with Crippen LogP contribution in [0.25, 0.3) is 0 Å². The number of ether oxygens (including phenoxy) is 2. The Labute approximate surface area is 165 Å². The molecular weight excluding hydrogens is 356 g/mol. The molecule has 2 aromatic rings. The maximum Gasteiger partial charge on any atom is 0.253 e. The van der Waals surface area contributed by atoms with Crippen molar-refractivity contribution in [1.29, 1.82) is 0 Å². The summed E-state index contributed by atoms with van der Waals surface area (Å²) in [6, 6.07) is 14.7. The largest absolute Gasteiger partial charge is 0.493 e. The fraction of sp³-hybridized carbons (Fsp3) is 0.364. The van der Waals surface area contributed by atoms with E-state index >= 15 is 0 Å². The van der Waals surface area contributed by atoms with Gasteiger partial charge in [0.2, 0.25) is 5.91 Å². The first-order chi connectivity index (χ1) is 13.6. The summed E-state index contributed by atoms with van der Waals surface area (Å²) >= 11 is 0. The SMILES string of the molecule is CCOc1ccc(C(=O)N2CCC(C(=O)Nc3ccccc3)CC2)cc1OC. The molecule has 0 saturated carbocycles. The molecule has 3 rings (SSSR count). The third-order valence-corrected chi connectivity index (χ3v) is 4.90. The van der Waals surface area contributed by atoms with Crippen LogP contribution >= 0.6 is 0 Å². The lowest BCUT2D eigenvalue weighted by atomic mass is 9.95. The highest BCUT2D eigenvalue weighted by Crippen LogP contribution is 2.29. The highest BCUT2D eigenvalue weighted by atomic mass is 16.5. The van der Waals surface area contributed by atoms with E-state index in [1.807, 2.05) is 37.3 Å². The molecule has 1 fully saturated rings. The maximum absolute atomic E-state index is 12.8. The summed E-state index contributed by atoms with van der Waals surface area (Å²) in [6.07, 6.45) is 1.30. The molecule has 2 amide bonds. The zero-order valence-electron chi connectivity index (χ0n) is 16.3. The number of anilines is 1. The van der Waals surface area contributed by atoms with Crippen molar-refractivity contribution < 1.29 is 19.1 Å². The summed E-state index contributed by atoms with van der Waals surface area (Å²) < 4.78 is 10.8. The molecule has 2 aromatic carbocycles. The number of para-hydroxylation sites is 1. The van der Waals surface area contributed by atoms with Gasteiger partial charge in [0.05, 0.1) is 13.7 Å². The topological polar surface area (TPSA) is 67.9 Å². The second kappa shape index (κ2) is 9.26. The predicted octanol–water partition coefficient (Wildman–Crippen LogP) is 3.58. The van der Waals surface area contributed by atoms with Gasteiger partial charge in [-0.05, 0) is 50.1 Å². The van der Waals surface area contributed by atoms with Crippen LogP contribution in [0.4, 0.5) is 5.69 Å². The van der Waals surface area contributed by atoms with Crippen LogP contribution in [0.2, 0.25) is 0 Å². The Hall–Kier alpha value is -3.02. The number of nitrogens with one attached hydrogen (secondary N) is 1. The average molecular weight is 382 g/mol. The number of likely N-dealkylation sites (tertiary alicyclic amines) is 1. The van der Waals surface area contributed by atoms with Gasteiger partial charge in [-0.15, -0.1) is 0 Å². The van der Waals surface area contributed by atoms with Gasteiger partial charge in [-0.1, -0.05) is 18.2 Å². The maximum atomic E-state index is 12.8. The van der Waals surface area contributed by atoms with Crippen LogP contribution in [0.5, 0.6) is 11.5 Å². The molecule has 0 aromatic heterocycles. The van der Waals surface area contributed by atoms with E-state index in [4.69, 9.17) is 9.47 Å². The normalized spacial score (nSPS) is 14.4. The molecule has 0 radical (unpaired) electrons. The summed E-state index contributed by atoms with van der Waals surface area (Å²) in [5.41, 5.74) is 1.36. The second-order valence-corrected chi connectivity index (χ2v) is 6.72. The minimum absolute atomic E-state index is 0.0148. The summed E-state index contributed by atoms with van der Waals surface area (Å²) in [4.78, 5) is 27.1. The third-order valence-electron chi connectivity index (χ3n) is 4.90. The molecule has 6 heteroatoms. The molecule has 1 aliphatic heterocycles. The van der Waals surface area contributed by atoms with Crippen LogP contribution in [-0.2, 0) is 4.79 Å². The van der Waals surface area contributed by atoms with Gasteiger partial charge in [-0.25, -0.2) is 0 Å². The van der Waals surface area contributed by atoms with E-state index in [0.29, 0.717) is 49.6 Å².